The first-order chi connectivity index (χ1) is 22.6. The van der Waals surface area contributed by atoms with Gasteiger partial charge in [0.25, 0.3) is 0 Å². The molecule has 1 N–H and O–H groups in total. The summed E-state index contributed by atoms with van der Waals surface area (Å²) in [5.41, 5.74) is 0. The molecule has 274 valence electrons. The van der Waals surface area contributed by atoms with Crippen LogP contribution >= 0.6 is 0 Å². The first kappa shape index (κ1) is 44.9. The molecule has 4 heteroatoms. The molecule has 1 atom stereocenters. The molecule has 0 aromatic rings. The van der Waals surface area contributed by atoms with Gasteiger partial charge in [-0.25, -0.2) is 0 Å². The molecule has 0 aliphatic carbocycles. The highest BCUT2D eigenvalue weighted by molar-refractivity contribution is 5.69. The van der Waals surface area contributed by atoms with Crippen molar-refractivity contribution in [3.63, 3.8) is 0 Å². The Kier molecular flexibility index (Phi) is 37.5. The van der Waals surface area contributed by atoms with Gasteiger partial charge in [0.2, 0.25) is 0 Å². The van der Waals surface area contributed by atoms with Crippen molar-refractivity contribution in [3.05, 3.63) is 0 Å². The molecule has 0 fully saturated rings. The van der Waals surface area contributed by atoms with E-state index in [1.165, 1.54) is 167 Å². The lowest BCUT2D eigenvalue weighted by molar-refractivity contribution is -0.150. The van der Waals surface area contributed by atoms with Gasteiger partial charge in [-0.2, -0.15) is 0 Å². The molecule has 0 aromatic carbocycles. The van der Waals surface area contributed by atoms with Gasteiger partial charge in [-0.1, -0.05) is 200 Å². The van der Waals surface area contributed by atoms with Gasteiger partial charge in [-0.3, -0.25) is 9.59 Å². The van der Waals surface area contributed by atoms with E-state index >= 15 is 0 Å². The van der Waals surface area contributed by atoms with E-state index in [1.807, 2.05) is 0 Å². The Morgan fingerprint density at radius 3 is 0.957 bits per heavy atom. The number of hydrogen-bond acceptors (Lipinski definition) is 3. The minimum atomic E-state index is -0.708. The molecular weight excluding hydrogens is 568 g/mol. The van der Waals surface area contributed by atoms with E-state index in [0.29, 0.717) is 6.42 Å². The fourth-order valence-electron chi connectivity index (χ4n) is 6.72. The van der Waals surface area contributed by atoms with Crippen molar-refractivity contribution in [2.24, 2.45) is 0 Å². The normalized spacial score (nSPS) is 12.0. The average molecular weight is 651 g/mol. The molecule has 46 heavy (non-hydrogen) atoms. The summed E-state index contributed by atoms with van der Waals surface area (Å²) in [6.45, 7) is 4.54. The second-order valence-corrected chi connectivity index (χ2v) is 14.5. The topological polar surface area (TPSA) is 63.6 Å². The van der Waals surface area contributed by atoms with E-state index in [1.54, 1.807) is 0 Å². The highest BCUT2D eigenvalue weighted by atomic mass is 16.5. The summed E-state index contributed by atoms with van der Waals surface area (Å²) < 4.78 is 5.94. The van der Waals surface area contributed by atoms with Crippen LogP contribution in [0.4, 0.5) is 0 Å². The fraction of sp³-hybridized carbons (Fsp3) is 0.952. The molecule has 1 unspecified atom stereocenters. The van der Waals surface area contributed by atoms with Crippen molar-refractivity contribution in [1.29, 1.82) is 0 Å². The number of ether oxygens (including phenoxy) is 1. The number of carboxylic acid groups (broad SMARTS) is 1. The Morgan fingerprint density at radius 2 is 0.652 bits per heavy atom. The van der Waals surface area contributed by atoms with Crippen LogP contribution in [0.1, 0.15) is 251 Å². The fourth-order valence-corrected chi connectivity index (χ4v) is 6.72. The molecule has 4 nitrogen and oxygen atoms in total. The zero-order chi connectivity index (χ0) is 33.6. The number of carbonyl (C=O) groups is 2. The van der Waals surface area contributed by atoms with Crippen LogP contribution in [0.5, 0.6) is 0 Å². The molecular formula is C42H82O4. The number of rotatable bonds is 39. The number of esters is 1. The maximum atomic E-state index is 12.6. The lowest BCUT2D eigenvalue weighted by atomic mass is 10.0. The molecule has 0 saturated heterocycles. The lowest BCUT2D eigenvalue weighted by Gasteiger charge is -2.18. The maximum Gasteiger partial charge on any atom is 0.306 e. The first-order valence-electron chi connectivity index (χ1n) is 21.0. The van der Waals surface area contributed by atoms with E-state index in [9.17, 15) is 9.59 Å². The minimum absolute atomic E-state index is 0.00893. The van der Waals surface area contributed by atoms with E-state index in [2.05, 4.69) is 13.8 Å². The van der Waals surface area contributed by atoms with Crippen LogP contribution in [0.25, 0.3) is 0 Å². The quantitative estimate of drug-likeness (QED) is 0.0531. The Bertz CT molecular complexity index is 619. The summed E-state index contributed by atoms with van der Waals surface area (Å²) in [5, 5.41) is 8.81. The third-order valence-electron chi connectivity index (χ3n) is 9.83. The zero-order valence-electron chi connectivity index (χ0n) is 31.4. The summed E-state index contributed by atoms with van der Waals surface area (Å²) in [6, 6.07) is 0. The Labute approximate surface area is 288 Å². The monoisotopic (exact) mass is 651 g/mol. The van der Waals surface area contributed by atoms with E-state index in [4.69, 9.17) is 9.84 Å². The number of carboxylic acids is 1. The number of hydrogen-bond donors (Lipinski definition) is 1. The number of carbonyl (C=O) groups excluding carboxylic acids is 1. The van der Waals surface area contributed by atoms with Crippen molar-refractivity contribution in [3.8, 4) is 0 Å². The highest BCUT2D eigenvalue weighted by Crippen LogP contribution is 2.19. The summed E-state index contributed by atoms with van der Waals surface area (Å²) in [7, 11) is 0. The molecule has 0 aliphatic heterocycles. The van der Waals surface area contributed by atoms with Gasteiger partial charge in [-0.05, 0) is 38.5 Å². The summed E-state index contributed by atoms with van der Waals surface area (Å²) in [5.74, 6) is -0.717. The van der Waals surface area contributed by atoms with Crippen LogP contribution in [0.15, 0.2) is 0 Å². The van der Waals surface area contributed by atoms with Crippen molar-refractivity contribution in [2.75, 3.05) is 0 Å². The second kappa shape index (κ2) is 38.4. The minimum Gasteiger partial charge on any atom is -0.481 e. The molecule has 0 radical (unpaired) electrons. The molecule has 0 amide bonds. The van der Waals surface area contributed by atoms with Gasteiger partial charge in [-0.15, -0.1) is 0 Å². The van der Waals surface area contributed by atoms with Crippen LogP contribution in [-0.2, 0) is 14.3 Å². The van der Waals surface area contributed by atoms with Crippen LogP contribution in [-0.4, -0.2) is 23.1 Å². The van der Waals surface area contributed by atoms with E-state index in [-0.39, 0.29) is 18.5 Å². The summed E-state index contributed by atoms with van der Waals surface area (Å²) in [6.07, 6.45) is 45.8. The van der Waals surface area contributed by atoms with Crippen molar-refractivity contribution in [1.82, 2.24) is 0 Å². The van der Waals surface area contributed by atoms with Crippen LogP contribution in [0.3, 0.4) is 0 Å². The summed E-state index contributed by atoms with van der Waals surface area (Å²) in [4.78, 5) is 23.3. The summed E-state index contributed by atoms with van der Waals surface area (Å²) >= 11 is 0. The molecule has 0 heterocycles. The average Bonchev–Trinajstić information content (AvgIpc) is 3.04. The number of unbranched alkanes of at least 4 members (excludes halogenated alkanes) is 30. The van der Waals surface area contributed by atoms with E-state index in [0.717, 1.165) is 57.8 Å². The van der Waals surface area contributed by atoms with Gasteiger partial charge in [0, 0.05) is 12.8 Å². The van der Waals surface area contributed by atoms with Crippen LogP contribution in [0, 0.1) is 0 Å². The van der Waals surface area contributed by atoms with Crippen molar-refractivity contribution >= 4 is 11.9 Å². The lowest BCUT2D eigenvalue weighted by Crippen LogP contribution is -2.18. The van der Waals surface area contributed by atoms with Crippen molar-refractivity contribution in [2.45, 2.75) is 258 Å². The van der Waals surface area contributed by atoms with Crippen molar-refractivity contribution < 1.29 is 19.4 Å². The molecule has 0 rings (SSSR count). The molecule has 0 bridgehead atoms. The maximum absolute atomic E-state index is 12.6. The molecule has 0 spiro atoms. The van der Waals surface area contributed by atoms with Crippen LogP contribution < -0.4 is 0 Å². The predicted molar refractivity (Wildman–Crippen MR) is 200 cm³/mol. The highest BCUT2D eigenvalue weighted by Gasteiger charge is 2.14. The SMILES string of the molecule is CCCCCCCCCCCCCCCCCCCCCCCCCC(=O)OC(CCCCCCCC)CCCCCCC(=O)O. The van der Waals surface area contributed by atoms with Crippen LogP contribution in [0.2, 0.25) is 0 Å². The third kappa shape index (κ3) is 37.4. The Morgan fingerprint density at radius 1 is 0.391 bits per heavy atom. The standard InChI is InChI=1S/C42H82O4/c1-3-5-7-9-11-12-13-14-15-16-17-18-19-20-21-22-23-24-25-26-27-29-35-39-42(45)46-40(36-32-28-10-8-6-4-2)37-33-30-31-34-38-41(43)44/h40H,3-39H2,1-2H3,(H,43,44). The number of aliphatic carboxylic acids is 1. The largest absolute Gasteiger partial charge is 0.481 e. The van der Waals surface area contributed by atoms with Gasteiger partial charge in [0.05, 0.1) is 0 Å². The smallest absolute Gasteiger partial charge is 0.306 e. The zero-order valence-corrected chi connectivity index (χ0v) is 31.4. The third-order valence-corrected chi connectivity index (χ3v) is 9.83. The molecule has 0 aromatic heterocycles. The Hall–Kier alpha value is -1.06. The molecule has 0 aliphatic rings. The second-order valence-electron chi connectivity index (χ2n) is 14.5. The van der Waals surface area contributed by atoms with E-state index < -0.39 is 5.97 Å². The van der Waals surface area contributed by atoms with Gasteiger partial charge in [0.15, 0.2) is 0 Å². The molecule has 0 saturated carbocycles. The predicted octanol–water partition coefficient (Wildman–Crippen LogP) is 14.5. The first-order valence-corrected chi connectivity index (χ1v) is 21.0. The van der Waals surface area contributed by atoms with Gasteiger partial charge < -0.3 is 9.84 Å². The Balaban J connectivity index is 3.63. The van der Waals surface area contributed by atoms with Gasteiger partial charge in [0.1, 0.15) is 6.10 Å². The van der Waals surface area contributed by atoms with Gasteiger partial charge >= 0.3 is 11.9 Å².